The normalized spacial score (nSPS) is 13.5. The van der Waals surface area contributed by atoms with Crippen LogP contribution in [-0.2, 0) is 11.2 Å². The summed E-state index contributed by atoms with van der Waals surface area (Å²) in [5.74, 6) is 0.0564. The lowest BCUT2D eigenvalue weighted by Gasteiger charge is -2.16. The molecule has 152 valence electrons. The van der Waals surface area contributed by atoms with Crippen molar-refractivity contribution < 1.29 is 19.8 Å². The van der Waals surface area contributed by atoms with Crippen LogP contribution in [0.25, 0.3) is 0 Å². The van der Waals surface area contributed by atoms with Crippen LogP contribution in [0.4, 0.5) is 0 Å². The number of carbonyl (C=O) groups excluding carboxylic acids is 1. The zero-order valence-corrected chi connectivity index (χ0v) is 17.1. The van der Waals surface area contributed by atoms with Gasteiger partial charge in [-0.1, -0.05) is 45.2 Å². The summed E-state index contributed by atoms with van der Waals surface area (Å²) in [6.07, 6.45) is 7.94. The van der Waals surface area contributed by atoms with Gasteiger partial charge in [0.2, 0.25) is 0 Å². The highest BCUT2D eigenvalue weighted by Gasteiger charge is 2.15. The molecule has 27 heavy (non-hydrogen) atoms. The Morgan fingerprint density at radius 2 is 1.44 bits per heavy atom. The molecule has 4 nitrogen and oxygen atoms in total. The average molecular weight is 377 g/mol. The smallest absolute Gasteiger partial charge is 0.335 e. The fourth-order valence-electron chi connectivity index (χ4n) is 3.42. The van der Waals surface area contributed by atoms with Crippen molar-refractivity contribution in [3.63, 3.8) is 0 Å². The molecule has 0 amide bonds. The van der Waals surface area contributed by atoms with Crippen LogP contribution in [0.3, 0.4) is 0 Å². The molecular weight excluding hydrogens is 340 g/mol. The number of aliphatic hydroxyl groups is 1. The van der Waals surface area contributed by atoms with Crippen molar-refractivity contribution in [2.45, 2.75) is 84.7 Å². The lowest BCUT2D eigenvalue weighted by Crippen LogP contribution is -2.13. The molecule has 1 rings (SSSR count). The number of ketones is 1. The standard InChI is InChI=1S/C23H36O4/c1-17(2)7-4-11-22(25)12-6-10-20(18(3)24)9-5-8-19-13-15-21(16-14-19)23(26)27/h13-17,20,22,25H,4-12H2,1-3H3,(H,26,27). The van der Waals surface area contributed by atoms with E-state index in [0.29, 0.717) is 11.5 Å². The lowest BCUT2D eigenvalue weighted by atomic mass is 9.90. The number of benzene rings is 1. The summed E-state index contributed by atoms with van der Waals surface area (Å²) >= 11 is 0. The zero-order valence-electron chi connectivity index (χ0n) is 17.1. The van der Waals surface area contributed by atoms with Gasteiger partial charge in [0.05, 0.1) is 11.7 Å². The van der Waals surface area contributed by atoms with Crippen LogP contribution in [-0.4, -0.2) is 28.1 Å². The summed E-state index contributed by atoms with van der Waals surface area (Å²) in [4.78, 5) is 22.8. The molecule has 0 aliphatic rings. The quantitative estimate of drug-likeness (QED) is 0.464. The van der Waals surface area contributed by atoms with Gasteiger partial charge in [-0.25, -0.2) is 4.79 Å². The van der Waals surface area contributed by atoms with E-state index in [9.17, 15) is 14.7 Å². The zero-order chi connectivity index (χ0) is 20.2. The minimum atomic E-state index is -0.912. The van der Waals surface area contributed by atoms with Crippen LogP contribution in [0, 0.1) is 11.8 Å². The fraction of sp³-hybridized carbons (Fsp3) is 0.652. The number of carboxylic acids is 1. The van der Waals surface area contributed by atoms with Gasteiger partial charge in [-0.05, 0) is 69.1 Å². The van der Waals surface area contributed by atoms with Crippen molar-refractivity contribution >= 4 is 11.8 Å². The minimum Gasteiger partial charge on any atom is -0.478 e. The summed E-state index contributed by atoms with van der Waals surface area (Å²) in [7, 11) is 0. The van der Waals surface area contributed by atoms with Gasteiger partial charge in [0, 0.05) is 5.92 Å². The topological polar surface area (TPSA) is 74.6 Å². The summed E-state index contributed by atoms with van der Waals surface area (Å²) in [6.45, 7) is 6.06. The van der Waals surface area contributed by atoms with Gasteiger partial charge >= 0.3 is 5.97 Å². The summed E-state index contributed by atoms with van der Waals surface area (Å²) in [5.41, 5.74) is 1.40. The number of aromatic carboxylic acids is 1. The van der Waals surface area contributed by atoms with Gasteiger partial charge < -0.3 is 10.2 Å². The van der Waals surface area contributed by atoms with E-state index in [4.69, 9.17) is 5.11 Å². The Bertz CT molecular complexity index is 562. The maximum Gasteiger partial charge on any atom is 0.335 e. The molecule has 4 heteroatoms. The molecule has 0 heterocycles. The molecule has 2 unspecified atom stereocenters. The Morgan fingerprint density at radius 1 is 0.889 bits per heavy atom. The molecule has 1 aromatic rings. The molecule has 0 fully saturated rings. The van der Waals surface area contributed by atoms with Gasteiger partial charge in [0.1, 0.15) is 5.78 Å². The van der Waals surface area contributed by atoms with Crippen molar-refractivity contribution in [2.75, 3.05) is 0 Å². The van der Waals surface area contributed by atoms with Crippen LogP contribution in [0.2, 0.25) is 0 Å². The predicted octanol–water partition coefficient (Wildman–Crippen LogP) is 5.27. The van der Waals surface area contributed by atoms with E-state index < -0.39 is 5.97 Å². The first-order valence-electron chi connectivity index (χ1n) is 10.3. The second kappa shape index (κ2) is 12.7. The van der Waals surface area contributed by atoms with Crippen LogP contribution in [0.5, 0.6) is 0 Å². The van der Waals surface area contributed by atoms with Crippen molar-refractivity contribution in [3.8, 4) is 0 Å². The van der Waals surface area contributed by atoms with E-state index in [1.165, 1.54) is 0 Å². The van der Waals surface area contributed by atoms with Crippen molar-refractivity contribution in [2.24, 2.45) is 11.8 Å². The maximum absolute atomic E-state index is 11.9. The fourth-order valence-corrected chi connectivity index (χ4v) is 3.42. The number of Topliss-reactive ketones (excluding diaryl/α,β-unsaturated/α-hetero) is 1. The highest BCUT2D eigenvalue weighted by molar-refractivity contribution is 5.87. The summed E-state index contributed by atoms with van der Waals surface area (Å²) < 4.78 is 0. The Morgan fingerprint density at radius 3 is 1.96 bits per heavy atom. The number of aryl methyl sites for hydroxylation is 1. The molecule has 0 bridgehead atoms. The molecule has 0 saturated carbocycles. The second-order valence-electron chi connectivity index (χ2n) is 8.11. The average Bonchev–Trinajstić information content (AvgIpc) is 2.60. The van der Waals surface area contributed by atoms with Crippen molar-refractivity contribution in [1.82, 2.24) is 0 Å². The Hall–Kier alpha value is -1.68. The van der Waals surface area contributed by atoms with E-state index in [0.717, 1.165) is 63.4 Å². The third kappa shape index (κ3) is 10.3. The SMILES string of the molecule is CC(=O)C(CCCc1ccc(C(=O)O)cc1)CCCC(O)CCCC(C)C. The first-order chi connectivity index (χ1) is 12.8. The molecule has 0 radical (unpaired) electrons. The van der Waals surface area contributed by atoms with E-state index >= 15 is 0 Å². The Kier molecular flexibility index (Phi) is 11.0. The van der Waals surface area contributed by atoms with E-state index in [1.807, 2.05) is 12.1 Å². The Labute approximate surface area is 164 Å². The van der Waals surface area contributed by atoms with Crippen LogP contribution >= 0.6 is 0 Å². The van der Waals surface area contributed by atoms with Crippen LogP contribution in [0.15, 0.2) is 24.3 Å². The third-order valence-corrected chi connectivity index (χ3v) is 5.20. The second-order valence-corrected chi connectivity index (χ2v) is 8.11. The number of hydrogen-bond acceptors (Lipinski definition) is 3. The predicted molar refractivity (Wildman–Crippen MR) is 109 cm³/mol. The molecule has 2 atom stereocenters. The molecule has 0 aromatic heterocycles. The lowest BCUT2D eigenvalue weighted by molar-refractivity contribution is -0.121. The van der Waals surface area contributed by atoms with Gasteiger partial charge in [0.25, 0.3) is 0 Å². The van der Waals surface area contributed by atoms with E-state index in [-0.39, 0.29) is 17.8 Å². The van der Waals surface area contributed by atoms with Gasteiger partial charge in [-0.3, -0.25) is 4.79 Å². The first kappa shape index (κ1) is 23.4. The first-order valence-corrected chi connectivity index (χ1v) is 10.3. The number of aliphatic hydroxyl groups excluding tert-OH is 1. The number of hydrogen-bond donors (Lipinski definition) is 2. The molecule has 1 aromatic carbocycles. The number of carbonyl (C=O) groups is 2. The highest BCUT2D eigenvalue weighted by Crippen LogP contribution is 2.20. The summed E-state index contributed by atoms with van der Waals surface area (Å²) in [6, 6.07) is 6.95. The van der Waals surface area contributed by atoms with Gasteiger partial charge in [0.15, 0.2) is 0 Å². The van der Waals surface area contributed by atoms with Gasteiger partial charge in [-0.15, -0.1) is 0 Å². The highest BCUT2D eigenvalue weighted by atomic mass is 16.4. The Balaban J connectivity index is 2.29. The summed E-state index contributed by atoms with van der Waals surface area (Å²) in [5, 5.41) is 19.0. The van der Waals surface area contributed by atoms with Crippen molar-refractivity contribution in [3.05, 3.63) is 35.4 Å². The number of carboxylic acid groups (broad SMARTS) is 1. The van der Waals surface area contributed by atoms with Crippen LogP contribution in [0.1, 0.15) is 88.1 Å². The number of rotatable bonds is 14. The van der Waals surface area contributed by atoms with E-state index in [1.54, 1.807) is 19.1 Å². The molecule has 0 aliphatic carbocycles. The third-order valence-electron chi connectivity index (χ3n) is 5.20. The van der Waals surface area contributed by atoms with E-state index in [2.05, 4.69) is 13.8 Å². The minimum absolute atomic E-state index is 0.0613. The van der Waals surface area contributed by atoms with Crippen LogP contribution < -0.4 is 0 Å². The largest absolute Gasteiger partial charge is 0.478 e. The van der Waals surface area contributed by atoms with Crippen molar-refractivity contribution in [1.29, 1.82) is 0 Å². The van der Waals surface area contributed by atoms with Gasteiger partial charge in [-0.2, -0.15) is 0 Å². The molecule has 0 spiro atoms. The maximum atomic E-state index is 11.9. The molecule has 0 saturated heterocycles. The monoisotopic (exact) mass is 376 g/mol. The molecule has 0 aliphatic heterocycles. The molecule has 2 N–H and O–H groups in total. The molecular formula is C23H36O4.